The highest BCUT2D eigenvalue weighted by Gasteiger charge is 2.41. The van der Waals surface area contributed by atoms with Gasteiger partial charge in [0.05, 0.1) is 36.1 Å². The summed E-state index contributed by atoms with van der Waals surface area (Å²) >= 11 is 0. The summed E-state index contributed by atoms with van der Waals surface area (Å²) < 4.78 is 70.2. The largest absolute Gasteiger partial charge is 0.392 e. The standard InChI is InChI=1S/C29H36F5N7O2/c1-16(2)41-22(8-11-35-41)27(43)39-26(19-6-9-28(30,31)10-7-19)21-15-40-23(37-21)13-20(14-36-40)25(18-4-5-18)38-24(42)12-17(3)29(32,33)34/h8,11,13-19,25-26H,4-7,9-10,12H2,1-3H3,(H,38,42)(H,39,43)/t17?,25-,26-/m0/s1. The molecule has 234 valence electrons. The average molecular weight is 610 g/mol. The second-order valence-electron chi connectivity index (χ2n) is 12.2. The molecule has 43 heavy (non-hydrogen) atoms. The Bertz CT molecular complexity index is 1450. The van der Waals surface area contributed by atoms with Gasteiger partial charge < -0.3 is 10.6 Å². The minimum atomic E-state index is -4.46. The fraction of sp³-hybridized carbons (Fsp3) is 0.621. The van der Waals surface area contributed by atoms with Crippen molar-refractivity contribution >= 4 is 17.5 Å². The smallest absolute Gasteiger partial charge is 0.349 e. The van der Waals surface area contributed by atoms with E-state index in [4.69, 9.17) is 4.98 Å². The zero-order valence-corrected chi connectivity index (χ0v) is 24.2. The van der Waals surface area contributed by atoms with Crippen molar-refractivity contribution in [2.24, 2.45) is 17.8 Å². The van der Waals surface area contributed by atoms with Crippen LogP contribution in [0.4, 0.5) is 22.0 Å². The molecule has 2 aliphatic carbocycles. The van der Waals surface area contributed by atoms with Crippen molar-refractivity contribution in [3.63, 3.8) is 0 Å². The van der Waals surface area contributed by atoms with E-state index in [1.807, 2.05) is 13.8 Å². The summed E-state index contributed by atoms with van der Waals surface area (Å²) in [6.07, 6.45) is 1.02. The molecule has 2 saturated carbocycles. The summed E-state index contributed by atoms with van der Waals surface area (Å²) in [4.78, 5) is 30.6. The zero-order valence-electron chi connectivity index (χ0n) is 24.2. The second-order valence-corrected chi connectivity index (χ2v) is 12.2. The number of halogens is 5. The molecular formula is C29H36F5N7O2. The molecule has 14 heteroatoms. The van der Waals surface area contributed by atoms with E-state index in [1.54, 1.807) is 29.2 Å². The van der Waals surface area contributed by atoms with Crippen molar-refractivity contribution < 1.29 is 31.5 Å². The molecule has 0 radical (unpaired) electrons. The molecule has 3 heterocycles. The molecule has 0 aromatic carbocycles. The quantitative estimate of drug-likeness (QED) is 0.276. The number of imidazole rings is 1. The third-order valence-electron chi connectivity index (χ3n) is 8.41. The van der Waals surface area contributed by atoms with E-state index >= 15 is 0 Å². The lowest BCUT2D eigenvalue weighted by Gasteiger charge is -2.33. The van der Waals surface area contributed by atoms with Crippen molar-refractivity contribution in [3.05, 3.63) is 47.7 Å². The van der Waals surface area contributed by atoms with Gasteiger partial charge in [-0.25, -0.2) is 18.3 Å². The lowest BCUT2D eigenvalue weighted by atomic mass is 9.81. The summed E-state index contributed by atoms with van der Waals surface area (Å²) in [5.74, 6) is -5.83. The molecule has 2 amide bonds. The highest BCUT2D eigenvalue weighted by molar-refractivity contribution is 5.92. The first-order chi connectivity index (χ1) is 20.2. The molecule has 9 nitrogen and oxygen atoms in total. The molecule has 3 aromatic heterocycles. The second kappa shape index (κ2) is 11.8. The van der Waals surface area contributed by atoms with Gasteiger partial charge in [0.2, 0.25) is 11.8 Å². The summed E-state index contributed by atoms with van der Waals surface area (Å²) in [7, 11) is 0. The molecule has 2 fully saturated rings. The van der Waals surface area contributed by atoms with Gasteiger partial charge in [-0.1, -0.05) is 6.92 Å². The molecular weight excluding hydrogens is 573 g/mol. The van der Waals surface area contributed by atoms with Crippen molar-refractivity contribution in [3.8, 4) is 0 Å². The number of aromatic nitrogens is 5. The van der Waals surface area contributed by atoms with E-state index in [9.17, 15) is 31.5 Å². The molecule has 1 unspecified atom stereocenters. The number of hydrogen-bond acceptors (Lipinski definition) is 5. The highest BCUT2D eigenvalue weighted by atomic mass is 19.4. The number of carbonyl (C=O) groups is 2. The molecule has 3 atom stereocenters. The van der Waals surface area contributed by atoms with Crippen LogP contribution in [0, 0.1) is 17.8 Å². The van der Waals surface area contributed by atoms with Crippen molar-refractivity contribution in [1.82, 2.24) is 35.0 Å². The third kappa shape index (κ3) is 7.15. The fourth-order valence-electron chi connectivity index (χ4n) is 5.71. The Morgan fingerprint density at radius 3 is 2.33 bits per heavy atom. The van der Waals surface area contributed by atoms with Crippen molar-refractivity contribution in [2.45, 2.75) is 95.9 Å². The van der Waals surface area contributed by atoms with Crippen LogP contribution in [-0.4, -0.2) is 48.3 Å². The van der Waals surface area contributed by atoms with Gasteiger partial charge in [-0.3, -0.25) is 14.3 Å². The number of rotatable bonds is 10. The van der Waals surface area contributed by atoms with Crippen LogP contribution < -0.4 is 10.6 Å². The van der Waals surface area contributed by atoms with Gasteiger partial charge in [-0.05, 0) is 69.1 Å². The summed E-state index contributed by atoms with van der Waals surface area (Å²) in [5, 5.41) is 14.4. The first kappa shape index (κ1) is 30.9. The number of alkyl halides is 5. The van der Waals surface area contributed by atoms with E-state index < -0.39 is 48.3 Å². The predicted octanol–water partition coefficient (Wildman–Crippen LogP) is 5.96. The molecule has 0 bridgehead atoms. The molecule has 3 aromatic rings. The lowest BCUT2D eigenvalue weighted by Crippen LogP contribution is -2.38. The topological polar surface area (TPSA) is 106 Å². The fourth-order valence-corrected chi connectivity index (χ4v) is 5.71. The van der Waals surface area contributed by atoms with Crippen LogP contribution in [0.3, 0.4) is 0 Å². The Kier molecular flexibility index (Phi) is 8.50. The Hall–Kier alpha value is -3.58. The van der Waals surface area contributed by atoms with E-state index in [0.717, 1.165) is 19.8 Å². The van der Waals surface area contributed by atoms with Gasteiger partial charge in [-0.2, -0.15) is 23.4 Å². The Morgan fingerprint density at radius 1 is 1.02 bits per heavy atom. The lowest BCUT2D eigenvalue weighted by molar-refractivity contribution is -0.174. The van der Waals surface area contributed by atoms with Crippen LogP contribution >= 0.6 is 0 Å². The van der Waals surface area contributed by atoms with Gasteiger partial charge in [0.15, 0.2) is 5.65 Å². The monoisotopic (exact) mass is 609 g/mol. The average Bonchev–Trinajstić information content (AvgIpc) is 3.47. The number of hydrogen-bond donors (Lipinski definition) is 2. The molecule has 0 saturated heterocycles. The Balaban J connectivity index is 1.41. The minimum absolute atomic E-state index is 0.0723. The van der Waals surface area contributed by atoms with Gasteiger partial charge in [0, 0.05) is 31.5 Å². The number of nitrogens with one attached hydrogen (secondary N) is 2. The van der Waals surface area contributed by atoms with E-state index in [-0.39, 0.29) is 43.6 Å². The van der Waals surface area contributed by atoms with Crippen LogP contribution in [0.25, 0.3) is 5.65 Å². The number of amides is 2. The number of fused-ring (bicyclic) bond motifs is 1. The Morgan fingerprint density at radius 2 is 1.70 bits per heavy atom. The molecule has 2 aliphatic rings. The maximum Gasteiger partial charge on any atom is 0.392 e. The molecule has 0 aliphatic heterocycles. The maximum absolute atomic E-state index is 14.0. The van der Waals surface area contributed by atoms with Crippen LogP contribution in [0.15, 0.2) is 30.7 Å². The first-order valence-electron chi connectivity index (χ1n) is 14.7. The minimum Gasteiger partial charge on any atom is -0.349 e. The first-order valence-corrected chi connectivity index (χ1v) is 14.7. The van der Waals surface area contributed by atoms with Crippen LogP contribution in [0.5, 0.6) is 0 Å². The van der Waals surface area contributed by atoms with Gasteiger partial charge >= 0.3 is 6.18 Å². The van der Waals surface area contributed by atoms with E-state index in [2.05, 4.69) is 20.8 Å². The number of nitrogens with zero attached hydrogens (tertiary/aromatic N) is 5. The van der Waals surface area contributed by atoms with Crippen LogP contribution in [0.1, 0.15) is 106 Å². The van der Waals surface area contributed by atoms with Crippen molar-refractivity contribution in [1.29, 1.82) is 0 Å². The van der Waals surface area contributed by atoms with Gasteiger partial charge in [0.25, 0.3) is 5.91 Å². The normalized spacial score (nSPS) is 19.7. The molecule has 0 spiro atoms. The van der Waals surface area contributed by atoms with E-state index in [1.165, 1.54) is 10.7 Å². The molecule has 2 N–H and O–H groups in total. The van der Waals surface area contributed by atoms with E-state index in [0.29, 0.717) is 22.6 Å². The maximum atomic E-state index is 14.0. The number of carbonyl (C=O) groups excluding carboxylic acids is 2. The molecule has 5 rings (SSSR count). The summed E-state index contributed by atoms with van der Waals surface area (Å²) in [6, 6.07) is 2.05. The van der Waals surface area contributed by atoms with Gasteiger partial charge in [0.1, 0.15) is 5.69 Å². The zero-order chi connectivity index (χ0) is 31.1. The van der Waals surface area contributed by atoms with Crippen molar-refractivity contribution in [2.75, 3.05) is 0 Å². The summed E-state index contributed by atoms with van der Waals surface area (Å²) in [6.45, 7) is 4.76. The highest BCUT2D eigenvalue weighted by Crippen LogP contribution is 2.43. The Labute approximate surface area is 245 Å². The van der Waals surface area contributed by atoms with Crippen LogP contribution in [0.2, 0.25) is 0 Å². The van der Waals surface area contributed by atoms with Gasteiger partial charge in [-0.15, -0.1) is 0 Å². The SMILES string of the molecule is CC(C)n1nccc1C(=O)N[C@H](c1cn2ncc([C@@H](NC(=O)CC(C)C(F)(F)F)C3CC3)cc2n1)C1CCC(F)(F)CC1. The third-order valence-corrected chi connectivity index (χ3v) is 8.41. The predicted molar refractivity (Wildman–Crippen MR) is 146 cm³/mol. The summed E-state index contributed by atoms with van der Waals surface area (Å²) in [5.41, 5.74) is 1.81. The van der Waals surface area contributed by atoms with Crippen LogP contribution in [-0.2, 0) is 4.79 Å².